The molecule has 5 nitrogen and oxygen atoms in total. The molecule has 0 aliphatic heterocycles. The van der Waals surface area contributed by atoms with Gasteiger partial charge in [0.2, 0.25) is 0 Å². The molecule has 0 saturated carbocycles. The van der Waals surface area contributed by atoms with Gasteiger partial charge in [-0.2, -0.15) is 13.7 Å². The minimum Gasteiger partial charge on any atom is -0.386 e. The zero-order chi connectivity index (χ0) is 16.2. The van der Waals surface area contributed by atoms with Gasteiger partial charge in [-0.1, -0.05) is 29.8 Å². The fourth-order valence-electron chi connectivity index (χ4n) is 1.80. The maximum absolute atomic E-state index is 12.0. The number of aliphatic hydroxyl groups is 1. The summed E-state index contributed by atoms with van der Waals surface area (Å²) < 4.78 is 28.9. The maximum atomic E-state index is 12.0. The second-order valence-corrected chi connectivity index (χ2v) is 6.42. The van der Waals surface area contributed by atoms with E-state index in [4.69, 9.17) is 9.44 Å². The molecule has 22 heavy (non-hydrogen) atoms. The molecule has 0 heterocycles. The molecule has 0 spiro atoms. The summed E-state index contributed by atoms with van der Waals surface area (Å²) in [5, 5.41) is 18.7. The maximum Gasteiger partial charge on any atom is 0.297 e. The first-order valence-electron chi connectivity index (χ1n) is 6.56. The van der Waals surface area contributed by atoms with Crippen LogP contribution in [0, 0.1) is 18.3 Å². The molecule has 114 valence electrons. The van der Waals surface area contributed by atoms with Gasteiger partial charge in [0, 0.05) is 0 Å². The smallest absolute Gasteiger partial charge is 0.297 e. The van der Waals surface area contributed by atoms with Crippen LogP contribution in [-0.4, -0.2) is 20.1 Å². The summed E-state index contributed by atoms with van der Waals surface area (Å²) in [6.07, 6.45) is -1.09. The fraction of sp³-hybridized carbons (Fsp3) is 0.188. The normalized spacial score (nSPS) is 12.6. The van der Waals surface area contributed by atoms with Crippen molar-refractivity contribution in [2.45, 2.75) is 17.9 Å². The summed E-state index contributed by atoms with van der Waals surface area (Å²) >= 11 is 0. The van der Waals surface area contributed by atoms with E-state index in [0.29, 0.717) is 11.1 Å². The van der Waals surface area contributed by atoms with E-state index in [2.05, 4.69) is 0 Å². The number of rotatable bonds is 5. The van der Waals surface area contributed by atoms with E-state index in [9.17, 15) is 13.5 Å². The molecular formula is C16H15NO4S. The molecule has 0 aromatic heterocycles. The summed E-state index contributed by atoms with van der Waals surface area (Å²) in [5.41, 5.74) is 1.89. The van der Waals surface area contributed by atoms with E-state index in [1.165, 1.54) is 12.1 Å². The highest BCUT2D eigenvalue weighted by Gasteiger charge is 2.18. The van der Waals surface area contributed by atoms with Gasteiger partial charge in [0.25, 0.3) is 10.1 Å². The minimum absolute atomic E-state index is 0.0464. The van der Waals surface area contributed by atoms with Gasteiger partial charge in [-0.15, -0.1) is 0 Å². The third kappa shape index (κ3) is 3.92. The van der Waals surface area contributed by atoms with Crippen LogP contribution in [0.2, 0.25) is 0 Å². The van der Waals surface area contributed by atoms with E-state index in [1.807, 2.05) is 13.0 Å². The van der Waals surface area contributed by atoms with Gasteiger partial charge in [-0.05, 0) is 36.8 Å². The summed E-state index contributed by atoms with van der Waals surface area (Å²) in [6, 6.07) is 14.4. The number of aryl methyl sites for hydroxylation is 1. The molecule has 0 aliphatic carbocycles. The highest BCUT2D eigenvalue weighted by molar-refractivity contribution is 7.86. The molecule has 0 saturated heterocycles. The molecule has 0 amide bonds. The molecule has 0 bridgehead atoms. The Morgan fingerprint density at radius 3 is 2.27 bits per heavy atom. The number of hydrogen-bond acceptors (Lipinski definition) is 5. The summed E-state index contributed by atoms with van der Waals surface area (Å²) in [5.74, 6) is 0. The number of hydrogen-bond donors (Lipinski definition) is 1. The van der Waals surface area contributed by atoms with Crippen molar-refractivity contribution >= 4 is 10.1 Å². The van der Waals surface area contributed by atoms with Crippen molar-refractivity contribution < 1.29 is 17.7 Å². The van der Waals surface area contributed by atoms with Crippen molar-refractivity contribution in [1.82, 2.24) is 0 Å². The second-order valence-electron chi connectivity index (χ2n) is 4.80. The van der Waals surface area contributed by atoms with Gasteiger partial charge in [-0.3, -0.25) is 4.18 Å². The van der Waals surface area contributed by atoms with Crippen LogP contribution in [-0.2, 0) is 14.3 Å². The lowest BCUT2D eigenvalue weighted by atomic mass is 10.1. The van der Waals surface area contributed by atoms with E-state index in [-0.39, 0.29) is 11.5 Å². The summed E-state index contributed by atoms with van der Waals surface area (Å²) in [6.45, 7) is 1.47. The molecule has 1 unspecified atom stereocenters. The Balaban J connectivity index is 2.04. The predicted molar refractivity (Wildman–Crippen MR) is 80.4 cm³/mol. The molecule has 6 heteroatoms. The van der Waals surface area contributed by atoms with Gasteiger partial charge >= 0.3 is 0 Å². The molecule has 2 aromatic rings. The SMILES string of the molecule is Cc1ccc(S(=O)(=O)OCC(O)c2ccc(C#N)cc2)cc1. The quantitative estimate of drug-likeness (QED) is 0.855. The van der Waals surface area contributed by atoms with Gasteiger partial charge in [0.1, 0.15) is 6.10 Å². The summed E-state index contributed by atoms with van der Waals surface area (Å²) in [7, 11) is -3.91. The lowest BCUT2D eigenvalue weighted by Gasteiger charge is -2.12. The largest absolute Gasteiger partial charge is 0.386 e. The van der Waals surface area contributed by atoms with Crippen molar-refractivity contribution in [2.24, 2.45) is 0 Å². The zero-order valence-corrected chi connectivity index (χ0v) is 12.7. The van der Waals surface area contributed by atoms with Gasteiger partial charge in [0.15, 0.2) is 0 Å². The van der Waals surface area contributed by atoms with Crippen LogP contribution >= 0.6 is 0 Å². The van der Waals surface area contributed by atoms with E-state index in [1.54, 1.807) is 36.4 Å². The molecule has 2 aromatic carbocycles. The Labute approximate surface area is 129 Å². The lowest BCUT2D eigenvalue weighted by molar-refractivity contribution is 0.111. The van der Waals surface area contributed by atoms with Crippen LogP contribution in [0.15, 0.2) is 53.4 Å². The predicted octanol–water partition coefficient (Wildman–Crippen LogP) is 2.31. The van der Waals surface area contributed by atoms with Gasteiger partial charge in [-0.25, -0.2) is 0 Å². The standard InChI is InChI=1S/C16H15NO4S/c1-12-2-8-15(9-3-12)22(19,20)21-11-16(18)14-6-4-13(10-17)5-7-14/h2-9,16,18H,11H2,1H3. The molecule has 2 rings (SSSR count). The minimum atomic E-state index is -3.91. The van der Waals surface area contributed by atoms with E-state index >= 15 is 0 Å². The van der Waals surface area contributed by atoms with Crippen LogP contribution in [0.5, 0.6) is 0 Å². The average molecular weight is 317 g/mol. The van der Waals surface area contributed by atoms with Crippen molar-refractivity contribution in [2.75, 3.05) is 6.61 Å². The third-order valence-electron chi connectivity index (χ3n) is 3.12. The highest BCUT2D eigenvalue weighted by Crippen LogP contribution is 2.18. The number of aliphatic hydroxyl groups excluding tert-OH is 1. The Hall–Kier alpha value is -2.20. The van der Waals surface area contributed by atoms with Crippen LogP contribution in [0.4, 0.5) is 0 Å². The Morgan fingerprint density at radius 1 is 1.14 bits per heavy atom. The first kappa shape index (κ1) is 16.2. The molecule has 0 radical (unpaired) electrons. The van der Waals surface area contributed by atoms with Gasteiger partial charge in [0.05, 0.1) is 23.1 Å². The second kappa shape index (κ2) is 6.71. The topological polar surface area (TPSA) is 87.4 Å². The average Bonchev–Trinajstić information content (AvgIpc) is 2.53. The number of nitrogens with zero attached hydrogens (tertiary/aromatic N) is 1. The Morgan fingerprint density at radius 2 is 1.73 bits per heavy atom. The van der Waals surface area contributed by atoms with Crippen molar-refractivity contribution in [3.8, 4) is 6.07 Å². The van der Waals surface area contributed by atoms with Crippen molar-refractivity contribution in [3.05, 3.63) is 65.2 Å². The molecule has 1 atom stereocenters. The van der Waals surface area contributed by atoms with Gasteiger partial charge < -0.3 is 5.11 Å². The van der Waals surface area contributed by atoms with Crippen LogP contribution < -0.4 is 0 Å². The monoisotopic (exact) mass is 317 g/mol. The zero-order valence-electron chi connectivity index (χ0n) is 11.9. The van der Waals surface area contributed by atoms with E-state index < -0.39 is 16.2 Å². The number of nitriles is 1. The molecule has 1 N–H and O–H groups in total. The first-order chi connectivity index (χ1) is 10.4. The lowest BCUT2D eigenvalue weighted by Crippen LogP contribution is -2.13. The van der Waals surface area contributed by atoms with E-state index in [0.717, 1.165) is 5.56 Å². The van der Waals surface area contributed by atoms with Crippen molar-refractivity contribution in [1.29, 1.82) is 5.26 Å². The molecule has 0 fully saturated rings. The van der Waals surface area contributed by atoms with Crippen LogP contribution in [0.25, 0.3) is 0 Å². The summed E-state index contributed by atoms with van der Waals surface area (Å²) in [4.78, 5) is 0.0464. The van der Waals surface area contributed by atoms with Crippen molar-refractivity contribution in [3.63, 3.8) is 0 Å². The Bertz CT molecular complexity index is 774. The molecule has 0 aliphatic rings. The fourth-order valence-corrected chi connectivity index (χ4v) is 2.72. The highest BCUT2D eigenvalue weighted by atomic mass is 32.2. The number of benzene rings is 2. The van der Waals surface area contributed by atoms with Crippen LogP contribution in [0.3, 0.4) is 0 Å². The van der Waals surface area contributed by atoms with Crippen LogP contribution in [0.1, 0.15) is 22.8 Å². The Kier molecular flexibility index (Phi) is 4.93. The first-order valence-corrected chi connectivity index (χ1v) is 7.97. The molecular weight excluding hydrogens is 302 g/mol. The third-order valence-corrected chi connectivity index (χ3v) is 4.41.